The molecule has 2 rings (SSSR count). The van der Waals surface area contributed by atoms with Crippen molar-refractivity contribution < 1.29 is 9.53 Å². The average Bonchev–Trinajstić information content (AvgIpc) is 2.37. The summed E-state index contributed by atoms with van der Waals surface area (Å²) in [4.78, 5) is 15.8. The molecule has 0 unspecified atom stereocenters. The molecule has 1 aromatic carbocycles. The Morgan fingerprint density at radius 3 is 2.94 bits per heavy atom. The first-order valence-electron chi connectivity index (χ1n) is 5.10. The number of carbonyl (C=O) groups excluding carboxylic acids is 1. The number of hydrogen-bond donors (Lipinski definition) is 0. The number of nitriles is 1. The van der Waals surface area contributed by atoms with Crippen LogP contribution in [-0.2, 0) is 11.2 Å². The molecule has 2 aromatic rings. The molecule has 0 aliphatic carbocycles. The van der Waals surface area contributed by atoms with E-state index in [1.54, 1.807) is 6.07 Å². The van der Waals surface area contributed by atoms with Crippen molar-refractivity contribution in [3.05, 3.63) is 41.6 Å². The van der Waals surface area contributed by atoms with E-state index in [1.807, 2.05) is 30.3 Å². The molecule has 4 heteroatoms. The maximum atomic E-state index is 11.6. The molecule has 0 N–H and O–H groups in total. The third-order valence-electron chi connectivity index (χ3n) is 2.45. The third kappa shape index (κ3) is 2.08. The van der Waals surface area contributed by atoms with Gasteiger partial charge >= 0.3 is 5.97 Å². The van der Waals surface area contributed by atoms with E-state index in [-0.39, 0.29) is 12.1 Å². The van der Waals surface area contributed by atoms with Crippen molar-refractivity contribution >= 4 is 16.9 Å². The van der Waals surface area contributed by atoms with Crippen molar-refractivity contribution in [3.8, 4) is 6.07 Å². The van der Waals surface area contributed by atoms with Crippen LogP contribution >= 0.6 is 0 Å². The van der Waals surface area contributed by atoms with Crippen LogP contribution in [0.4, 0.5) is 0 Å². The fourth-order valence-electron chi connectivity index (χ4n) is 1.65. The number of pyridine rings is 1. The highest BCUT2D eigenvalue weighted by Crippen LogP contribution is 2.17. The van der Waals surface area contributed by atoms with Gasteiger partial charge in [0.1, 0.15) is 0 Å². The van der Waals surface area contributed by atoms with E-state index in [0.717, 1.165) is 10.9 Å². The summed E-state index contributed by atoms with van der Waals surface area (Å²) >= 11 is 0. The van der Waals surface area contributed by atoms with Crippen LogP contribution in [0, 0.1) is 11.3 Å². The van der Waals surface area contributed by atoms with Gasteiger partial charge in [-0.3, -0.25) is 0 Å². The molecule has 0 saturated heterocycles. The normalized spacial score (nSPS) is 9.88. The zero-order chi connectivity index (χ0) is 12.3. The van der Waals surface area contributed by atoms with E-state index in [9.17, 15) is 4.79 Å². The molecule has 0 radical (unpaired) electrons. The standard InChI is InChI=1S/C13H10N2O2/c1-17-13(16)12-10(6-7-14)8-9-4-2-3-5-11(9)15-12/h2-5,8H,6H2,1H3. The minimum absolute atomic E-state index is 0.141. The summed E-state index contributed by atoms with van der Waals surface area (Å²) in [5.41, 5.74) is 1.53. The first-order chi connectivity index (χ1) is 8.26. The molecule has 17 heavy (non-hydrogen) atoms. The van der Waals surface area contributed by atoms with Gasteiger partial charge in [0.2, 0.25) is 0 Å². The van der Waals surface area contributed by atoms with Gasteiger partial charge in [-0.2, -0.15) is 5.26 Å². The summed E-state index contributed by atoms with van der Waals surface area (Å²) in [6, 6.07) is 11.3. The smallest absolute Gasteiger partial charge is 0.356 e. The summed E-state index contributed by atoms with van der Waals surface area (Å²) in [6.07, 6.45) is 0.141. The van der Waals surface area contributed by atoms with E-state index in [0.29, 0.717) is 5.56 Å². The Balaban J connectivity index is 2.66. The molecule has 0 aliphatic rings. The van der Waals surface area contributed by atoms with E-state index in [4.69, 9.17) is 5.26 Å². The lowest BCUT2D eigenvalue weighted by Crippen LogP contribution is -2.08. The number of nitrogens with zero attached hydrogens (tertiary/aromatic N) is 2. The van der Waals surface area contributed by atoms with Crippen LogP contribution in [0.2, 0.25) is 0 Å². The van der Waals surface area contributed by atoms with Crippen LogP contribution in [0.25, 0.3) is 10.9 Å². The number of carbonyl (C=O) groups is 1. The Bertz CT molecular complexity index is 614. The van der Waals surface area contributed by atoms with Gasteiger partial charge < -0.3 is 4.74 Å². The zero-order valence-electron chi connectivity index (χ0n) is 9.30. The Hall–Kier alpha value is -2.41. The Morgan fingerprint density at radius 2 is 2.24 bits per heavy atom. The van der Waals surface area contributed by atoms with Gasteiger partial charge in [-0.1, -0.05) is 18.2 Å². The average molecular weight is 226 g/mol. The van der Waals surface area contributed by atoms with Crippen LogP contribution in [0.5, 0.6) is 0 Å². The van der Waals surface area contributed by atoms with Gasteiger partial charge in [0.05, 0.1) is 25.1 Å². The lowest BCUT2D eigenvalue weighted by Gasteiger charge is -2.06. The second kappa shape index (κ2) is 4.62. The van der Waals surface area contributed by atoms with Crippen LogP contribution in [-0.4, -0.2) is 18.1 Å². The number of methoxy groups -OCH3 is 1. The largest absolute Gasteiger partial charge is 0.464 e. The second-order valence-electron chi connectivity index (χ2n) is 3.52. The molecule has 1 heterocycles. The highest BCUT2D eigenvalue weighted by molar-refractivity contribution is 5.93. The predicted molar refractivity (Wildman–Crippen MR) is 62.4 cm³/mol. The van der Waals surface area contributed by atoms with Crippen LogP contribution < -0.4 is 0 Å². The Labute approximate surface area is 98.5 Å². The van der Waals surface area contributed by atoms with Gasteiger partial charge in [0.25, 0.3) is 0 Å². The van der Waals surface area contributed by atoms with Gasteiger partial charge in [-0.25, -0.2) is 9.78 Å². The molecule has 0 bridgehead atoms. The Kier molecular flexibility index (Phi) is 3.01. The SMILES string of the molecule is COC(=O)c1nc2ccccc2cc1CC#N. The second-order valence-corrected chi connectivity index (χ2v) is 3.52. The van der Waals surface area contributed by atoms with E-state index in [1.165, 1.54) is 7.11 Å². The Morgan fingerprint density at radius 1 is 1.47 bits per heavy atom. The summed E-state index contributed by atoms with van der Waals surface area (Å²) in [5.74, 6) is -0.513. The van der Waals surface area contributed by atoms with Crippen LogP contribution in [0.1, 0.15) is 16.1 Å². The molecular formula is C13H10N2O2. The zero-order valence-corrected chi connectivity index (χ0v) is 9.30. The van der Waals surface area contributed by atoms with Crippen molar-refractivity contribution in [2.24, 2.45) is 0 Å². The number of fused-ring (bicyclic) bond motifs is 1. The highest BCUT2D eigenvalue weighted by Gasteiger charge is 2.14. The van der Waals surface area contributed by atoms with Crippen molar-refractivity contribution in [1.29, 1.82) is 5.26 Å². The molecule has 0 amide bonds. The van der Waals surface area contributed by atoms with E-state index in [2.05, 4.69) is 9.72 Å². The molecular weight excluding hydrogens is 216 g/mol. The molecule has 0 saturated carbocycles. The van der Waals surface area contributed by atoms with E-state index < -0.39 is 5.97 Å². The van der Waals surface area contributed by atoms with Crippen LogP contribution in [0.3, 0.4) is 0 Å². The van der Waals surface area contributed by atoms with Gasteiger partial charge in [-0.15, -0.1) is 0 Å². The third-order valence-corrected chi connectivity index (χ3v) is 2.45. The topological polar surface area (TPSA) is 63.0 Å². The number of para-hydroxylation sites is 1. The van der Waals surface area contributed by atoms with Gasteiger partial charge in [0.15, 0.2) is 5.69 Å². The monoisotopic (exact) mass is 226 g/mol. The molecule has 84 valence electrons. The van der Waals surface area contributed by atoms with Gasteiger partial charge in [0, 0.05) is 5.39 Å². The van der Waals surface area contributed by atoms with Gasteiger partial charge in [-0.05, 0) is 17.7 Å². The van der Waals surface area contributed by atoms with Crippen molar-refractivity contribution in [2.45, 2.75) is 6.42 Å². The number of hydrogen-bond acceptors (Lipinski definition) is 4. The maximum Gasteiger partial charge on any atom is 0.356 e. The van der Waals surface area contributed by atoms with Crippen molar-refractivity contribution in [1.82, 2.24) is 4.98 Å². The number of benzene rings is 1. The lowest BCUT2D eigenvalue weighted by atomic mass is 10.1. The fourth-order valence-corrected chi connectivity index (χ4v) is 1.65. The van der Waals surface area contributed by atoms with Crippen LogP contribution in [0.15, 0.2) is 30.3 Å². The summed E-state index contributed by atoms with van der Waals surface area (Å²) in [5, 5.41) is 9.65. The maximum absolute atomic E-state index is 11.6. The lowest BCUT2D eigenvalue weighted by molar-refractivity contribution is 0.0593. The molecule has 4 nitrogen and oxygen atoms in total. The molecule has 0 fully saturated rings. The number of esters is 1. The molecule has 0 aliphatic heterocycles. The fraction of sp³-hybridized carbons (Fsp3) is 0.154. The molecule has 1 aromatic heterocycles. The minimum atomic E-state index is -0.513. The summed E-state index contributed by atoms with van der Waals surface area (Å²) in [7, 11) is 1.30. The number of aromatic nitrogens is 1. The van der Waals surface area contributed by atoms with Crippen molar-refractivity contribution in [2.75, 3.05) is 7.11 Å². The first kappa shape index (κ1) is 11.1. The van der Waals surface area contributed by atoms with Crippen molar-refractivity contribution in [3.63, 3.8) is 0 Å². The summed E-state index contributed by atoms with van der Waals surface area (Å²) < 4.78 is 4.66. The quantitative estimate of drug-likeness (QED) is 0.735. The highest BCUT2D eigenvalue weighted by atomic mass is 16.5. The summed E-state index contributed by atoms with van der Waals surface area (Å²) in [6.45, 7) is 0. The predicted octanol–water partition coefficient (Wildman–Crippen LogP) is 2.09. The number of rotatable bonds is 2. The molecule has 0 spiro atoms. The molecule has 0 atom stereocenters. The minimum Gasteiger partial charge on any atom is -0.464 e. The number of ether oxygens (including phenoxy) is 1. The van der Waals surface area contributed by atoms with E-state index >= 15 is 0 Å². The first-order valence-corrected chi connectivity index (χ1v) is 5.10.